The molecular formula is C22H28FN4O3+. The number of para-hydroxylation sites is 1. The van der Waals surface area contributed by atoms with E-state index in [2.05, 4.69) is 10.6 Å². The standard InChI is InChI=1S/C22H27FN4O3/c1-26(2)17-9-7-16(8-10-17)20(27-11-13-30-14-12-27)15-24-21(28)22(29)25-19-6-4-3-5-18(19)23/h3-10,20H,11-15H2,1-2H3,(H,24,28)(H,25,29)/p+1/t20-/m0/s1. The number of benzene rings is 2. The second-order valence-electron chi connectivity index (χ2n) is 7.45. The fraction of sp³-hybridized carbons (Fsp3) is 0.364. The highest BCUT2D eigenvalue weighted by Crippen LogP contribution is 2.17. The lowest BCUT2D eigenvalue weighted by molar-refractivity contribution is -0.937. The van der Waals surface area contributed by atoms with Crippen LogP contribution in [0.15, 0.2) is 48.5 Å². The molecule has 160 valence electrons. The van der Waals surface area contributed by atoms with Crippen molar-refractivity contribution in [3.05, 3.63) is 59.9 Å². The van der Waals surface area contributed by atoms with Crippen LogP contribution in [0.25, 0.3) is 0 Å². The number of nitrogens with one attached hydrogen (secondary N) is 3. The molecule has 1 heterocycles. The Hall–Kier alpha value is -2.97. The Bertz CT molecular complexity index is 867. The summed E-state index contributed by atoms with van der Waals surface area (Å²) >= 11 is 0. The van der Waals surface area contributed by atoms with E-state index in [1.807, 2.05) is 43.3 Å². The zero-order chi connectivity index (χ0) is 21.5. The molecule has 1 atom stereocenters. The predicted octanol–water partition coefficient (Wildman–Crippen LogP) is 0.603. The van der Waals surface area contributed by atoms with Gasteiger partial charge < -0.3 is 25.2 Å². The van der Waals surface area contributed by atoms with Crippen LogP contribution in [-0.2, 0) is 14.3 Å². The average molecular weight is 415 g/mol. The molecule has 1 saturated heterocycles. The Morgan fingerprint density at radius 1 is 1.07 bits per heavy atom. The van der Waals surface area contributed by atoms with E-state index in [-0.39, 0.29) is 11.7 Å². The zero-order valence-corrected chi connectivity index (χ0v) is 17.3. The molecule has 0 radical (unpaired) electrons. The smallest absolute Gasteiger partial charge is 0.313 e. The molecule has 2 aromatic rings. The number of anilines is 2. The van der Waals surface area contributed by atoms with Crippen LogP contribution in [0.1, 0.15) is 11.6 Å². The van der Waals surface area contributed by atoms with Crippen molar-refractivity contribution in [1.82, 2.24) is 5.32 Å². The number of ether oxygens (including phenoxy) is 1. The third kappa shape index (κ3) is 5.55. The first kappa shape index (κ1) is 21.7. The number of halogens is 1. The van der Waals surface area contributed by atoms with E-state index in [1.54, 1.807) is 6.07 Å². The van der Waals surface area contributed by atoms with Crippen molar-refractivity contribution < 1.29 is 23.6 Å². The number of quaternary nitrogens is 1. The highest BCUT2D eigenvalue weighted by Gasteiger charge is 2.28. The molecule has 1 aliphatic rings. The molecule has 0 saturated carbocycles. The van der Waals surface area contributed by atoms with Gasteiger partial charge in [-0.3, -0.25) is 9.59 Å². The quantitative estimate of drug-likeness (QED) is 0.605. The summed E-state index contributed by atoms with van der Waals surface area (Å²) in [5.41, 5.74) is 2.14. The highest BCUT2D eigenvalue weighted by atomic mass is 19.1. The molecule has 0 aliphatic carbocycles. The molecule has 1 fully saturated rings. The molecule has 8 heteroatoms. The van der Waals surface area contributed by atoms with Crippen LogP contribution in [-0.4, -0.2) is 58.8 Å². The van der Waals surface area contributed by atoms with Gasteiger partial charge in [-0.25, -0.2) is 4.39 Å². The third-order valence-corrected chi connectivity index (χ3v) is 5.23. The number of carbonyl (C=O) groups is 2. The SMILES string of the molecule is CN(C)c1ccc([C@H](CNC(=O)C(=O)Nc2ccccc2F)[NH+]2CCOCC2)cc1. The summed E-state index contributed by atoms with van der Waals surface area (Å²) in [6.07, 6.45) is 0. The lowest BCUT2D eigenvalue weighted by Gasteiger charge is -2.32. The molecule has 0 bridgehead atoms. The monoisotopic (exact) mass is 415 g/mol. The Morgan fingerprint density at radius 2 is 1.73 bits per heavy atom. The minimum Gasteiger partial charge on any atom is -0.378 e. The van der Waals surface area contributed by atoms with Crippen molar-refractivity contribution in [3.63, 3.8) is 0 Å². The lowest BCUT2D eigenvalue weighted by atomic mass is 10.0. The number of rotatable bonds is 6. The van der Waals surface area contributed by atoms with Crippen LogP contribution >= 0.6 is 0 Å². The van der Waals surface area contributed by atoms with Crippen molar-refractivity contribution in [3.8, 4) is 0 Å². The first-order valence-electron chi connectivity index (χ1n) is 9.99. The van der Waals surface area contributed by atoms with Crippen molar-refractivity contribution in [2.75, 3.05) is 57.2 Å². The number of hydrogen-bond donors (Lipinski definition) is 3. The first-order valence-corrected chi connectivity index (χ1v) is 9.99. The molecule has 3 N–H and O–H groups in total. The Labute approximate surface area is 175 Å². The lowest BCUT2D eigenvalue weighted by Crippen LogP contribution is -3.15. The minimum absolute atomic E-state index is 0.0182. The van der Waals surface area contributed by atoms with Gasteiger partial charge in [0.05, 0.1) is 25.4 Å². The van der Waals surface area contributed by atoms with Crippen LogP contribution in [0.2, 0.25) is 0 Å². The molecule has 2 aromatic carbocycles. The largest absolute Gasteiger partial charge is 0.378 e. The molecule has 30 heavy (non-hydrogen) atoms. The summed E-state index contributed by atoms with van der Waals surface area (Å²) in [7, 11) is 3.96. The maximum atomic E-state index is 13.7. The van der Waals surface area contributed by atoms with Gasteiger partial charge in [0.1, 0.15) is 24.9 Å². The average Bonchev–Trinajstić information content (AvgIpc) is 2.76. The Kier molecular flexibility index (Phi) is 7.37. The molecule has 7 nitrogen and oxygen atoms in total. The number of hydrogen-bond acceptors (Lipinski definition) is 4. The van der Waals surface area contributed by atoms with Gasteiger partial charge in [0, 0.05) is 25.3 Å². The van der Waals surface area contributed by atoms with E-state index in [1.165, 1.54) is 23.1 Å². The second-order valence-corrected chi connectivity index (χ2v) is 7.45. The summed E-state index contributed by atoms with van der Waals surface area (Å²) in [6.45, 7) is 3.24. The van der Waals surface area contributed by atoms with Gasteiger partial charge in [0.25, 0.3) is 0 Å². The van der Waals surface area contributed by atoms with Gasteiger partial charge in [-0.05, 0) is 24.3 Å². The van der Waals surface area contributed by atoms with Gasteiger partial charge >= 0.3 is 11.8 Å². The van der Waals surface area contributed by atoms with E-state index in [0.29, 0.717) is 19.8 Å². The summed E-state index contributed by atoms with van der Waals surface area (Å²) in [6, 6.07) is 13.9. The third-order valence-electron chi connectivity index (χ3n) is 5.23. The zero-order valence-electron chi connectivity index (χ0n) is 17.3. The van der Waals surface area contributed by atoms with E-state index in [0.717, 1.165) is 24.3 Å². The number of carbonyl (C=O) groups excluding carboxylic acids is 2. The second kappa shape index (κ2) is 10.2. The van der Waals surface area contributed by atoms with Gasteiger partial charge in [-0.1, -0.05) is 24.3 Å². The summed E-state index contributed by atoms with van der Waals surface area (Å²) in [5.74, 6) is -2.27. The van der Waals surface area contributed by atoms with E-state index in [4.69, 9.17) is 4.74 Å². The van der Waals surface area contributed by atoms with Crippen LogP contribution < -0.4 is 20.4 Å². The fourth-order valence-electron chi connectivity index (χ4n) is 3.50. The van der Waals surface area contributed by atoms with E-state index >= 15 is 0 Å². The van der Waals surface area contributed by atoms with Crippen molar-refractivity contribution in [2.45, 2.75) is 6.04 Å². The maximum Gasteiger partial charge on any atom is 0.313 e. The van der Waals surface area contributed by atoms with Gasteiger partial charge in [-0.15, -0.1) is 0 Å². The van der Waals surface area contributed by atoms with Gasteiger partial charge in [0.2, 0.25) is 0 Å². The summed E-state index contributed by atoms with van der Waals surface area (Å²) < 4.78 is 19.2. The van der Waals surface area contributed by atoms with Crippen molar-refractivity contribution in [2.24, 2.45) is 0 Å². The minimum atomic E-state index is -0.890. The molecular weight excluding hydrogens is 387 g/mol. The summed E-state index contributed by atoms with van der Waals surface area (Å²) in [4.78, 5) is 27.8. The topological polar surface area (TPSA) is 75.1 Å². The van der Waals surface area contributed by atoms with E-state index < -0.39 is 17.6 Å². The van der Waals surface area contributed by atoms with Crippen LogP contribution in [0.5, 0.6) is 0 Å². The maximum absolute atomic E-state index is 13.7. The Morgan fingerprint density at radius 3 is 2.37 bits per heavy atom. The molecule has 0 spiro atoms. The number of nitrogens with zero attached hydrogens (tertiary/aromatic N) is 1. The molecule has 0 unspecified atom stereocenters. The van der Waals surface area contributed by atoms with Crippen LogP contribution in [0.3, 0.4) is 0 Å². The number of amides is 2. The van der Waals surface area contributed by atoms with Crippen molar-refractivity contribution >= 4 is 23.2 Å². The molecule has 2 amide bonds. The Balaban J connectivity index is 1.67. The fourth-order valence-corrected chi connectivity index (χ4v) is 3.50. The highest BCUT2D eigenvalue weighted by molar-refractivity contribution is 6.39. The molecule has 0 aromatic heterocycles. The number of morpholine rings is 1. The predicted molar refractivity (Wildman–Crippen MR) is 113 cm³/mol. The van der Waals surface area contributed by atoms with E-state index in [9.17, 15) is 14.0 Å². The normalized spacial score (nSPS) is 15.3. The van der Waals surface area contributed by atoms with Crippen LogP contribution in [0.4, 0.5) is 15.8 Å². The summed E-state index contributed by atoms with van der Waals surface area (Å²) in [5, 5.41) is 5.02. The van der Waals surface area contributed by atoms with Crippen molar-refractivity contribution in [1.29, 1.82) is 0 Å². The van der Waals surface area contributed by atoms with Gasteiger partial charge in [-0.2, -0.15) is 0 Å². The first-order chi connectivity index (χ1) is 14.5. The van der Waals surface area contributed by atoms with Gasteiger partial charge in [0.15, 0.2) is 0 Å². The molecule has 3 rings (SSSR count). The van der Waals surface area contributed by atoms with Crippen LogP contribution in [0, 0.1) is 5.82 Å². The molecule has 1 aliphatic heterocycles.